The van der Waals surface area contributed by atoms with Crippen molar-refractivity contribution in [2.45, 2.75) is 51.0 Å². The van der Waals surface area contributed by atoms with E-state index in [0.717, 1.165) is 24.8 Å². The molecule has 1 N–H and O–H groups in total. The van der Waals surface area contributed by atoms with Crippen LogP contribution in [0, 0.1) is 0 Å². The summed E-state index contributed by atoms with van der Waals surface area (Å²) in [6.07, 6.45) is 11.3. The van der Waals surface area contributed by atoms with E-state index in [1.54, 1.807) is 18.2 Å². The highest BCUT2D eigenvalue weighted by molar-refractivity contribution is 6.32. The van der Waals surface area contributed by atoms with E-state index in [9.17, 15) is 4.79 Å². The molecule has 1 saturated carbocycles. The Labute approximate surface area is 148 Å². The Kier molecular flexibility index (Phi) is 6.02. The molecule has 0 spiro atoms. The summed E-state index contributed by atoms with van der Waals surface area (Å²) in [6, 6.07) is 3.96. The average Bonchev–Trinajstić information content (AvgIpc) is 2.96. The van der Waals surface area contributed by atoms with Crippen LogP contribution in [0.15, 0.2) is 18.2 Å². The maximum Gasteiger partial charge on any atom is 0.244 e. The Hall–Kier alpha value is -1.68. The van der Waals surface area contributed by atoms with Gasteiger partial charge in [0, 0.05) is 18.5 Å². The molecule has 24 heavy (non-hydrogen) atoms. The van der Waals surface area contributed by atoms with Crippen molar-refractivity contribution < 1.29 is 14.3 Å². The second kappa shape index (κ2) is 8.43. The van der Waals surface area contributed by atoms with Gasteiger partial charge in [-0.3, -0.25) is 4.79 Å². The molecule has 0 radical (unpaired) electrons. The molecule has 5 heteroatoms. The Morgan fingerprint density at radius 3 is 2.62 bits per heavy atom. The number of halogens is 1. The zero-order valence-electron chi connectivity index (χ0n) is 13.9. The minimum absolute atomic E-state index is 0.0508. The fourth-order valence-electron chi connectivity index (χ4n) is 3.19. The average molecular weight is 350 g/mol. The van der Waals surface area contributed by atoms with Gasteiger partial charge in [-0.05, 0) is 36.6 Å². The van der Waals surface area contributed by atoms with E-state index in [0.29, 0.717) is 35.8 Å². The molecule has 0 atom stereocenters. The summed E-state index contributed by atoms with van der Waals surface area (Å²) < 4.78 is 11.3. The number of amides is 1. The molecule has 1 heterocycles. The lowest BCUT2D eigenvalue weighted by Gasteiger charge is -2.14. The zero-order chi connectivity index (χ0) is 16.8. The van der Waals surface area contributed by atoms with Crippen LogP contribution >= 0.6 is 11.6 Å². The van der Waals surface area contributed by atoms with Crippen LogP contribution in [0.4, 0.5) is 0 Å². The van der Waals surface area contributed by atoms with Crippen LogP contribution in [0.25, 0.3) is 6.08 Å². The van der Waals surface area contributed by atoms with Gasteiger partial charge in [0.05, 0.1) is 18.2 Å². The van der Waals surface area contributed by atoms with Crippen LogP contribution in [-0.2, 0) is 4.79 Å². The second-order valence-electron chi connectivity index (χ2n) is 6.41. The standard InChI is InChI=1S/C19H24ClNO3/c20-16-12-14(13-17-19(16)24-11-5-10-23-17)8-9-18(22)21-15-6-3-1-2-4-7-15/h8-9,12-13,15H,1-7,10-11H2,(H,21,22)/b9-8+. The first-order chi connectivity index (χ1) is 11.7. The second-order valence-corrected chi connectivity index (χ2v) is 6.82. The van der Waals surface area contributed by atoms with Crippen molar-refractivity contribution in [1.82, 2.24) is 5.32 Å². The van der Waals surface area contributed by atoms with E-state index in [1.807, 2.05) is 6.07 Å². The van der Waals surface area contributed by atoms with Gasteiger partial charge < -0.3 is 14.8 Å². The smallest absolute Gasteiger partial charge is 0.244 e. The van der Waals surface area contributed by atoms with E-state index in [4.69, 9.17) is 21.1 Å². The van der Waals surface area contributed by atoms with Crippen molar-refractivity contribution in [2.75, 3.05) is 13.2 Å². The highest BCUT2D eigenvalue weighted by Gasteiger charge is 2.16. The van der Waals surface area contributed by atoms with Crippen molar-refractivity contribution >= 4 is 23.6 Å². The summed E-state index contributed by atoms with van der Waals surface area (Å²) in [6.45, 7) is 1.21. The van der Waals surface area contributed by atoms with Gasteiger partial charge in [0.2, 0.25) is 5.91 Å². The number of carbonyl (C=O) groups excluding carboxylic acids is 1. The molecule has 0 bridgehead atoms. The van der Waals surface area contributed by atoms with E-state index in [2.05, 4.69) is 5.32 Å². The largest absolute Gasteiger partial charge is 0.489 e. The molecule has 130 valence electrons. The fourth-order valence-corrected chi connectivity index (χ4v) is 3.47. The molecule has 1 aliphatic carbocycles. The first-order valence-corrected chi connectivity index (χ1v) is 9.18. The highest BCUT2D eigenvalue weighted by Crippen LogP contribution is 2.38. The number of fused-ring (bicyclic) bond motifs is 1. The van der Waals surface area contributed by atoms with Gasteiger partial charge in [0.25, 0.3) is 0 Å². The molecule has 1 aromatic carbocycles. The Morgan fingerprint density at radius 1 is 1.08 bits per heavy atom. The van der Waals surface area contributed by atoms with E-state index >= 15 is 0 Å². The number of hydrogen-bond donors (Lipinski definition) is 1. The van der Waals surface area contributed by atoms with Crippen molar-refractivity contribution in [3.8, 4) is 11.5 Å². The summed E-state index contributed by atoms with van der Waals surface area (Å²) in [5.41, 5.74) is 0.834. The molecule has 1 amide bonds. The van der Waals surface area contributed by atoms with Gasteiger partial charge in [0.15, 0.2) is 11.5 Å². The number of ether oxygens (including phenoxy) is 2. The van der Waals surface area contributed by atoms with Gasteiger partial charge in [-0.2, -0.15) is 0 Å². The molecule has 0 aromatic heterocycles. The molecule has 4 nitrogen and oxygen atoms in total. The first-order valence-electron chi connectivity index (χ1n) is 8.80. The molecule has 1 fully saturated rings. The minimum atomic E-state index is -0.0508. The maximum atomic E-state index is 12.1. The minimum Gasteiger partial charge on any atom is -0.489 e. The molecular weight excluding hydrogens is 326 g/mol. The molecule has 0 saturated heterocycles. The maximum absolute atomic E-state index is 12.1. The van der Waals surface area contributed by atoms with Gasteiger partial charge in [-0.25, -0.2) is 0 Å². The topological polar surface area (TPSA) is 47.6 Å². The van der Waals surface area contributed by atoms with E-state index < -0.39 is 0 Å². The normalized spacial score (nSPS) is 18.9. The van der Waals surface area contributed by atoms with Crippen molar-refractivity contribution in [1.29, 1.82) is 0 Å². The number of rotatable bonds is 3. The SMILES string of the molecule is O=C(/C=C/c1cc(Cl)c2c(c1)OCCCO2)NC1CCCCCC1. The van der Waals surface area contributed by atoms with Gasteiger partial charge >= 0.3 is 0 Å². The third-order valence-electron chi connectivity index (χ3n) is 4.45. The van der Waals surface area contributed by atoms with Crippen LogP contribution in [0.3, 0.4) is 0 Å². The van der Waals surface area contributed by atoms with Crippen molar-refractivity contribution in [3.05, 3.63) is 28.8 Å². The van der Waals surface area contributed by atoms with Crippen LogP contribution in [-0.4, -0.2) is 25.2 Å². The third kappa shape index (κ3) is 4.67. The van der Waals surface area contributed by atoms with Gasteiger partial charge in [-0.15, -0.1) is 0 Å². The van der Waals surface area contributed by atoms with Gasteiger partial charge in [-0.1, -0.05) is 37.3 Å². The number of carbonyl (C=O) groups is 1. The molecule has 2 aliphatic rings. The van der Waals surface area contributed by atoms with Gasteiger partial charge in [0.1, 0.15) is 0 Å². The molecule has 1 aromatic rings. The Morgan fingerprint density at radius 2 is 1.83 bits per heavy atom. The van der Waals surface area contributed by atoms with Crippen LogP contribution in [0.2, 0.25) is 5.02 Å². The highest BCUT2D eigenvalue weighted by atomic mass is 35.5. The number of benzene rings is 1. The Bertz CT molecular complexity index is 607. The molecule has 0 unspecified atom stereocenters. The lowest BCUT2D eigenvalue weighted by Crippen LogP contribution is -2.33. The van der Waals surface area contributed by atoms with Crippen molar-refractivity contribution in [2.24, 2.45) is 0 Å². The van der Waals surface area contributed by atoms with E-state index in [1.165, 1.54) is 25.7 Å². The fraction of sp³-hybridized carbons (Fsp3) is 0.526. The lowest BCUT2D eigenvalue weighted by atomic mass is 10.1. The van der Waals surface area contributed by atoms with E-state index in [-0.39, 0.29) is 5.91 Å². The predicted molar refractivity (Wildman–Crippen MR) is 95.7 cm³/mol. The molecular formula is C19H24ClNO3. The molecule has 3 rings (SSSR count). The van der Waals surface area contributed by atoms with Crippen molar-refractivity contribution in [3.63, 3.8) is 0 Å². The molecule has 1 aliphatic heterocycles. The number of hydrogen-bond acceptors (Lipinski definition) is 3. The third-order valence-corrected chi connectivity index (χ3v) is 4.73. The summed E-state index contributed by atoms with van der Waals surface area (Å²) >= 11 is 6.27. The summed E-state index contributed by atoms with van der Waals surface area (Å²) in [5, 5.41) is 3.61. The van der Waals surface area contributed by atoms with Crippen LogP contribution < -0.4 is 14.8 Å². The number of nitrogens with one attached hydrogen (secondary N) is 1. The first kappa shape index (κ1) is 17.2. The summed E-state index contributed by atoms with van der Waals surface area (Å²) in [4.78, 5) is 12.1. The van der Waals surface area contributed by atoms with Crippen LogP contribution in [0.5, 0.6) is 11.5 Å². The summed E-state index contributed by atoms with van der Waals surface area (Å²) in [5.74, 6) is 1.18. The zero-order valence-corrected chi connectivity index (χ0v) is 14.6. The lowest BCUT2D eigenvalue weighted by molar-refractivity contribution is -0.117. The predicted octanol–water partition coefficient (Wildman–Crippen LogP) is 4.35. The summed E-state index contributed by atoms with van der Waals surface area (Å²) in [7, 11) is 0. The van der Waals surface area contributed by atoms with Crippen LogP contribution in [0.1, 0.15) is 50.5 Å². The monoisotopic (exact) mass is 349 g/mol. The Balaban J connectivity index is 1.64. The quantitative estimate of drug-likeness (QED) is 0.651.